The molecule has 122 valence electrons. The smallest absolute Gasteiger partial charge is 0.115 e. The Labute approximate surface area is 127 Å². The molecule has 2 atom stereocenters. The maximum Gasteiger partial charge on any atom is 0.115 e. The molecule has 1 N–H and O–H groups in total. The van der Waals surface area contributed by atoms with E-state index in [1.54, 1.807) is 6.07 Å². The summed E-state index contributed by atoms with van der Waals surface area (Å²) in [6.45, 7) is 5.56. The van der Waals surface area contributed by atoms with E-state index in [2.05, 4.69) is 38.9 Å². The summed E-state index contributed by atoms with van der Waals surface area (Å²) in [7, 11) is -0.961. The van der Waals surface area contributed by atoms with Gasteiger partial charge in [-0.05, 0) is 50.0 Å². The number of hydrogen-bond acceptors (Lipinski definition) is 6. The predicted octanol–water partition coefficient (Wildman–Crippen LogP) is 1.75. The van der Waals surface area contributed by atoms with E-state index in [4.69, 9.17) is 17.5 Å². The lowest BCUT2D eigenvalue weighted by Crippen LogP contribution is -2.24. The van der Waals surface area contributed by atoms with Crippen molar-refractivity contribution in [1.82, 2.24) is 4.90 Å². The first kappa shape index (κ1) is 19.9. The number of hydrogen-bond donors (Lipinski definition) is 1. The number of phenols is 1. The average molecular weight is 317 g/mol. The van der Waals surface area contributed by atoms with Gasteiger partial charge in [-0.15, -0.1) is 0 Å². The van der Waals surface area contributed by atoms with Gasteiger partial charge in [0.05, 0.1) is 0 Å². The first-order chi connectivity index (χ1) is 9.54. The molecule has 0 bridgehead atoms. The summed E-state index contributed by atoms with van der Waals surface area (Å²) in [4.78, 5) is 2.22. The lowest BCUT2D eigenvalue weighted by molar-refractivity contribution is 0.301. The minimum absolute atomic E-state index is 0.369. The topological polar surface area (TPSA) is 104 Å². The van der Waals surface area contributed by atoms with Crippen molar-refractivity contribution in [3.63, 3.8) is 0 Å². The Balaban J connectivity index is 0.000000690. The van der Waals surface area contributed by atoms with Crippen LogP contribution in [-0.2, 0) is 10.4 Å². The van der Waals surface area contributed by atoms with Gasteiger partial charge in [-0.25, -0.2) is 0 Å². The zero-order chi connectivity index (χ0) is 16.6. The summed E-state index contributed by atoms with van der Waals surface area (Å²) in [6.07, 6.45) is 1.11. The van der Waals surface area contributed by atoms with Crippen LogP contribution in [0.3, 0.4) is 0 Å². The molecular formula is C14H23NO5S-2. The molecule has 21 heavy (non-hydrogen) atoms. The highest BCUT2D eigenvalue weighted by Gasteiger charge is 2.18. The second-order valence-corrected chi connectivity index (χ2v) is 6.07. The van der Waals surface area contributed by atoms with Gasteiger partial charge in [-0.3, -0.25) is 8.42 Å². The third-order valence-corrected chi connectivity index (χ3v) is 3.08. The summed E-state index contributed by atoms with van der Waals surface area (Å²) < 4.78 is 34.1. The molecule has 1 rings (SSSR count). The van der Waals surface area contributed by atoms with Gasteiger partial charge in [0.25, 0.3) is 0 Å². The van der Waals surface area contributed by atoms with Crippen molar-refractivity contribution in [3.8, 4) is 5.75 Å². The molecule has 0 aromatic heterocycles. The average Bonchev–Trinajstić information content (AvgIpc) is 2.26. The van der Waals surface area contributed by atoms with Crippen molar-refractivity contribution in [2.45, 2.75) is 26.2 Å². The molecule has 0 heterocycles. The monoisotopic (exact) mass is 317 g/mol. The fourth-order valence-corrected chi connectivity index (χ4v) is 2.43. The second-order valence-electron chi connectivity index (χ2n) is 5.26. The molecule has 0 fully saturated rings. The van der Waals surface area contributed by atoms with Crippen LogP contribution in [0, 0.1) is 5.92 Å². The highest BCUT2D eigenvalue weighted by molar-refractivity contribution is 7.79. The molecule has 0 aliphatic rings. The first-order valence-corrected chi connectivity index (χ1v) is 7.98. The quantitative estimate of drug-likeness (QED) is 0.655. The van der Waals surface area contributed by atoms with E-state index in [1.807, 2.05) is 12.1 Å². The van der Waals surface area contributed by atoms with E-state index in [0.29, 0.717) is 17.6 Å². The molecule has 1 aromatic rings. The number of nitrogens with zero attached hydrogens (tertiary/aromatic N) is 1. The van der Waals surface area contributed by atoms with E-state index < -0.39 is 10.4 Å². The van der Waals surface area contributed by atoms with Crippen molar-refractivity contribution in [2.24, 2.45) is 5.92 Å². The largest absolute Gasteiger partial charge is 0.759 e. The minimum Gasteiger partial charge on any atom is -0.759 e. The zero-order valence-electron chi connectivity index (χ0n) is 12.8. The number of aromatic hydroxyl groups is 1. The molecule has 0 radical (unpaired) electrons. The van der Waals surface area contributed by atoms with E-state index in [9.17, 15) is 5.11 Å². The molecule has 6 nitrogen and oxygen atoms in total. The van der Waals surface area contributed by atoms with Gasteiger partial charge < -0.3 is 19.1 Å². The van der Waals surface area contributed by atoms with Gasteiger partial charge in [-0.2, -0.15) is 0 Å². The maximum absolute atomic E-state index is 9.51. The Morgan fingerprint density at radius 1 is 1.29 bits per heavy atom. The van der Waals surface area contributed by atoms with Gasteiger partial charge in [0.15, 0.2) is 0 Å². The summed E-state index contributed by atoms with van der Waals surface area (Å²) in [5.74, 6) is 1.49. The van der Waals surface area contributed by atoms with Crippen LogP contribution in [0.4, 0.5) is 0 Å². The van der Waals surface area contributed by atoms with Gasteiger partial charge in [0.1, 0.15) is 5.75 Å². The highest BCUT2D eigenvalue weighted by Crippen LogP contribution is 2.30. The Bertz CT molecular complexity index is 508. The van der Waals surface area contributed by atoms with Crippen molar-refractivity contribution in [3.05, 3.63) is 29.8 Å². The van der Waals surface area contributed by atoms with Gasteiger partial charge in [0.2, 0.25) is 0 Å². The van der Waals surface area contributed by atoms with Crippen LogP contribution < -0.4 is 0 Å². The van der Waals surface area contributed by atoms with Crippen LogP contribution in [0.15, 0.2) is 24.3 Å². The van der Waals surface area contributed by atoms with E-state index in [0.717, 1.165) is 13.0 Å². The maximum atomic E-state index is 9.51. The molecule has 0 unspecified atom stereocenters. The molecule has 0 amide bonds. The van der Waals surface area contributed by atoms with Gasteiger partial charge >= 0.3 is 0 Å². The Kier molecular flexibility index (Phi) is 8.50. The normalized spacial score (nSPS) is 14.2. The summed E-state index contributed by atoms with van der Waals surface area (Å²) >= 11 is 0. The third kappa shape index (κ3) is 10.3. The summed E-state index contributed by atoms with van der Waals surface area (Å²) in [5, 5.41) is 9.51. The molecule has 0 saturated carbocycles. The third-order valence-electron chi connectivity index (χ3n) is 3.08. The fraction of sp³-hybridized carbons (Fsp3) is 0.571. The number of phenolic OH excluding ortho intramolecular Hbond substituents is 1. The molecule has 7 heteroatoms. The van der Waals surface area contributed by atoms with E-state index in [1.165, 1.54) is 5.56 Å². The van der Waals surface area contributed by atoms with E-state index in [-0.39, 0.29) is 0 Å². The van der Waals surface area contributed by atoms with Crippen LogP contribution in [0.2, 0.25) is 0 Å². The fourth-order valence-electron chi connectivity index (χ4n) is 2.43. The van der Waals surface area contributed by atoms with Crippen LogP contribution >= 0.6 is 0 Å². The number of rotatable bonds is 5. The molecule has 0 aliphatic carbocycles. The van der Waals surface area contributed by atoms with Crippen molar-refractivity contribution in [2.75, 3.05) is 20.6 Å². The van der Waals surface area contributed by atoms with Crippen LogP contribution in [0.1, 0.15) is 31.7 Å². The van der Waals surface area contributed by atoms with Crippen molar-refractivity contribution >= 4 is 10.4 Å². The van der Waals surface area contributed by atoms with E-state index >= 15 is 0 Å². The summed E-state index contributed by atoms with van der Waals surface area (Å²) in [6, 6.07) is 7.66. The Hall–Kier alpha value is -1.15. The molecule has 1 aromatic carbocycles. The minimum atomic E-state index is -5.17. The van der Waals surface area contributed by atoms with Crippen LogP contribution in [0.5, 0.6) is 5.75 Å². The SMILES string of the molecule is CC[C@@H](c1cccc(O)c1)[C@@H](C)CN(C)C.O=S(=O)([O-])[O-]. The Morgan fingerprint density at radius 3 is 2.19 bits per heavy atom. The lowest BCUT2D eigenvalue weighted by atomic mass is 9.85. The molecule has 0 spiro atoms. The second kappa shape index (κ2) is 8.99. The number of benzene rings is 1. The van der Waals surface area contributed by atoms with Crippen LogP contribution in [-0.4, -0.2) is 48.2 Å². The van der Waals surface area contributed by atoms with Crippen LogP contribution in [0.25, 0.3) is 0 Å². The predicted molar refractivity (Wildman–Crippen MR) is 79.3 cm³/mol. The van der Waals surface area contributed by atoms with Gasteiger partial charge in [-0.1, -0.05) is 26.0 Å². The molecule has 0 saturated heterocycles. The lowest BCUT2D eigenvalue weighted by Gasteiger charge is -2.26. The highest BCUT2D eigenvalue weighted by atomic mass is 32.3. The molecular weight excluding hydrogens is 294 g/mol. The first-order valence-electron chi connectivity index (χ1n) is 6.65. The van der Waals surface area contributed by atoms with Crippen molar-refractivity contribution < 1.29 is 22.6 Å². The zero-order valence-corrected chi connectivity index (χ0v) is 13.6. The molecule has 0 aliphatic heterocycles. The standard InChI is InChI=1S/C14H23NO.H2O4S/c1-5-14(11(2)10-15(3)4)12-7-6-8-13(16)9-12;1-5(2,3)4/h6-9,11,14,16H,5,10H2,1-4H3;(H2,1,2,3,4)/p-2/t11-,14+;/m0./s1. The van der Waals surface area contributed by atoms with Crippen molar-refractivity contribution in [1.29, 1.82) is 0 Å². The Morgan fingerprint density at radius 2 is 1.81 bits per heavy atom. The van der Waals surface area contributed by atoms with Gasteiger partial charge in [0, 0.05) is 16.9 Å². The summed E-state index contributed by atoms with van der Waals surface area (Å²) in [5.41, 5.74) is 1.25.